The molecule has 1 saturated carbocycles. The molecular formula is C29H46O3Si. The molecule has 0 radical (unpaired) electrons. The van der Waals surface area contributed by atoms with Crippen LogP contribution in [0.2, 0.25) is 18.1 Å². The maximum absolute atomic E-state index is 12.2. The molecule has 5 atom stereocenters. The summed E-state index contributed by atoms with van der Waals surface area (Å²) in [6, 6.07) is 10.8. The molecule has 0 N–H and O–H groups in total. The van der Waals surface area contributed by atoms with Crippen molar-refractivity contribution in [3.8, 4) is 0 Å². The third-order valence-electron chi connectivity index (χ3n) is 8.42. The van der Waals surface area contributed by atoms with Gasteiger partial charge in [0.2, 0.25) is 0 Å². The summed E-state index contributed by atoms with van der Waals surface area (Å²) in [6.45, 7) is 14.1. The molecule has 4 heteroatoms. The van der Waals surface area contributed by atoms with Crippen LogP contribution in [0.3, 0.4) is 0 Å². The average Bonchev–Trinajstić information content (AvgIpc) is 3.06. The van der Waals surface area contributed by atoms with Crippen LogP contribution in [-0.4, -0.2) is 26.5 Å². The van der Waals surface area contributed by atoms with Gasteiger partial charge in [0.05, 0.1) is 0 Å². The van der Waals surface area contributed by atoms with Gasteiger partial charge in [-0.1, -0.05) is 70.2 Å². The van der Waals surface area contributed by atoms with Crippen LogP contribution < -0.4 is 0 Å². The summed E-state index contributed by atoms with van der Waals surface area (Å²) in [5.74, 6) is 1.60. The van der Waals surface area contributed by atoms with E-state index in [0.717, 1.165) is 44.9 Å². The quantitative estimate of drug-likeness (QED) is 0.222. The molecule has 0 saturated heterocycles. The summed E-state index contributed by atoms with van der Waals surface area (Å²) in [6.07, 6.45) is 12.6. The zero-order valence-electron chi connectivity index (χ0n) is 21.8. The topological polar surface area (TPSA) is 35.5 Å². The Morgan fingerprint density at radius 1 is 1.12 bits per heavy atom. The fourth-order valence-corrected chi connectivity index (χ4v) is 6.80. The van der Waals surface area contributed by atoms with E-state index in [1.54, 1.807) is 0 Å². The maximum atomic E-state index is 12.2. The lowest BCUT2D eigenvalue weighted by molar-refractivity contribution is -0.151. The average molecular weight is 471 g/mol. The molecule has 1 aliphatic heterocycles. The van der Waals surface area contributed by atoms with Gasteiger partial charge in [0.25, 0.3) is 0 Å². The normalized spacial score (nSPS) is 28.2. The number of allylic oxidation sites excluding steroid dienone is 2. The van der Waals surface area contributed by atoms with Crippen LogP contribution in [0.15, 0.2) is 42.5 Å². The number of hydrogen-bond donors (Lipinski definition) is 0. The molecule has 3 nitrogen and oxygen atoms in total. The van der Waals surface area contributed by atoms with Crippen molar-refractivity contribution >= 4 is 14.3 Å². The molecule has 184 valence electrons. The van der Waals surface area contributed by atoms with E-state index in [9.17, 15) is 4.79 Å². The van der Waals surface area contributed by atoms with Gasteiger partial charge in [0.15, 0.2) is 8.32 Å². The minimum atomic E-state index is -1.85. The Morgan fingerprint density at radius 3 is 2.55 bits per heavy atom. The number of carbonyl (C=O) groups excluding carboxylic acids is 1. The van der Waals surface area contributed by atoms with E-state index in [1.165, 1.54) is 5.56 Å². The van der Waals surface area contributed by atoms with E-state index >= 15 is 0 Å². The van der Waals surface area contributed by atoms with Crippen LogP contribution in [-0.2, 0) is 20.4 Å². The number of esters is 1. The van der Waals surface area contributed by atoms with E-state index in [4.69, 9.17) is 9.16 Å². The molecule has 0 aromatic heterocycles. The Hall–Kier alpha value is -1.39. The monoisotopic (exact) mass is 470 g/mol. The Morgan fingerprint density at radius 2 is 1.85 bits per heavy atom. The van der Waals surface area contributed by atoms with Gasteiger partial charge < -0.3 is 9.16 Å². The Balaban J connectivity index is 1.69. The fourth-order valence-electron chi connectivity index (χ4n) is 5.38. The predicted octanol–water partition coefficient (Wildman–Crippen LogP) is 7.71. The fraction of sp³-hybridized carbons (Fsp3) is 0.690. The molecule has 1 aromatic carbocycles. The molecular weight excluding hydrogens is 424 g/mol. The van der Waals surface area contributed by atoms with Crippen LogP contribution in [0, 0.1) is 17.8 Å². The first kappa shape index (κ1) is 26.2. The number of hydrogen-bond acceptors (Lipinski definition) is 3. The highest BCUT2D eigenvalue weighted by atomic mass is 28.4. The van der Waals surface area contributed by atoms with Crippen molar-refractivity contribution < 1.29 is 14.0 Å². The number of rotatable bonds is 8. The first-order chi connectivity index (χ1) is 15.6. The Bertz CT molecular complexity index is 780. The lowest BCUT2D eigenvalue weighted by Gasteiger charge is -2.40. The zero-order valence-corrected chi connectivity index (χ0v) is 22.8. The van der Waals surface area contributed by atoms with Gasteiger partial charge in [-0.15, -0.1) is 0 Å². The van der Waals surface area contributed by atoms with Gasteiger partial charge in [-0.2, -0.15) is 0 Å². The molecule has 1 aliphatic carbocycles. The highest BCUT2D eigenvalue weighted by Gasteiger charge is 2.43. The first-order valence-corrected chi connectivity index (χ1v) is 16.0. The van der Waals surface area contributed by atoms with Crippen LogP contribution >= 0.6 is 0 Å². The largest absolute Gasteiger partial charge is 0.462 e. The first-order valence-electron chi connectivity index (χ1n) is 13.1. The second-order valence-corrected chi connectivity index (χ2v) is 16.7. The number of fused-ring (bicyclic) bond motifs is 1. The van der Waals surface area contributed by atoms with Crippen LogP contribution in [0.4, 0.5) is 0 Å². The molecule has 33 heavy (non-hydrogen) atoms. The van der Waals surface area contributed by atoms with Gasteiger partial charge in [0, 0.05) is 18.4 Å². The van der Waals surface area contributed by atoms with Crippen LogP contribution in [0.5, 0.6) is 0 Å². The molecule has 0 amide bonds. The van der Waals surface area contributed by atoms with E-state index in [0.29, 0.717) is 24.2 Å². The summed E-state index contributed by atoms with van der Waals surface area (Å²) < 4.78 is 12.9. The molecule has 2 aliphatic rings. The van der Waals surface area contributed by atoms with Gasteiger partial charge in [0.1, 0.15) is 6.10 Å². The highest BCUT2D eigenvalue weighted by Crippen LogP contribution is 2.45. The number of ether oxygens (including phenoxy) is 1. The number of benzene rings is 1. The van der Waals surface area contributed by atoms with Gasteiger partial charge in [-0.25, -0.2) is 0 Å². The second kappa shape index (κ2) is 11.4. The number of carbonyl (C=O) groups is 1. The lowest BCUT2D eigenvalue weighted by Crippen LogP contribution is -2.44. The Labute approximate surface area is 203 Å². The van der Waals surface area contributed by atoms with Crippen molar-refractivity contribution in [1.29, 1.82) is 0 Å². The smallest absolute Gasteiger partial charge is 0.306 e. The van der Waals surface area contributed by atoms with Crippen molar-refractivity contribution in [3.63, 3.8) is 0 Å². The minimum absolute atomic E-state index is 0.0219. The third-order valence-corrected chi connectivity index (χ3v) is 13.0. The van der Waals surface area contributed by atoms with E-state index in [1.807, 2.05) is 0 Å². The van der Waals surface area contributed by atoms with E-state index in [-0.39, 0.29) is 23.2 Å². The molecule has 3 rings (SSSR count). The summed E-state index contributed by atoms with van der Waals surface area (Å²) in [5.41, 5.74) is 1.39. The van der Waals surface area contributed by atoms with Gasteiger partial charge >= 0.3 is 5.97 Å². The summed E-state index contributed by atoms with van der Waals surface area (Å²) >= 11 is 0. The van der Waals surface area contributed by atoms with Crippen molar-refractivity contribution in [2.45, 2.75) is 109 Å². The third kappa shape index (κ3) is 7.29. The lowest BCUT2D eigenvalue weighted by atomic mass is 9.83. The molecule has 0 bridgehead atoms. The predicted molar refractivity (Wildman–Crippen MR) is 140 cm³/mol. The molecule has 1 fully saturated rings. The van der Waals surface area contributed by atoms with Crippen LogP contribution in [0.25, 0.3) is 0 Å². The second-order valence-electron chi connectivity index (χ2n) is 11.9. The summed E-state index contributed by atoms with van der Waals surface area (Å²) in [7, 11) is -1.85. The van der Waals surface area contributed by atoms with Gasteiger partial charge in [-0.3, -0.25) is 4.79 Å². The SMILES string of the molecule is C[C@@H]1C[C@@H]2OC(=O)CC/C=C\C[C@@H]2[C@H]1CC[C@H](CCc1ccccc1)O[Si](C)(C)C(C)(C)C. The highest BCUT2D eigenvalue weighted by molar-refractivity contribution is 6.74. The summed E-state index contributed by atoms with van der Waals surface area (Å²) in [5, 5.41) is 0.209. The summed E-state index contributed by atoms with van der Waals surface area (Å²) in [4.78, 5) is 12.2. The number of aryl methyl sites for hydroxylation is 1. The Kier molecular flexibility index (Phi) is 9.02. The molecule has 1 aromatic rings. The molecule has 1 heterocycles. The zero-order chi connectivity index (χ0) is 24.1. The molecule has 0 unspecified atom stereocenters. The maximum Gasteiger partial charge on any atom is 0.306 e. The van der Waals surface area contributed by atoms with Crippen LogP contribution in [0.1, 0.15) is 78.2 Å². The molecule has 0 spiro atoms. The standard InChI is InChI=1S/C29H46O3Si/c1-22-21-27-26(15-11-8-12-16-28(30)31-27)25(22)20-19-24(32-33(5,6)29(2,3)4)18-17-23-13-9-7-10-14-23/h7-11,13-14,22,24-27H,12,15-21H2,1-6H3/b11-8-/t22-,24+,25+,26-,27+/m1/s1. The van der Waals surface area contributed by atoms with Crippen molar-refractivity contribution in [2.24, 2.45) is 17.8 Å². The van der Waals surface area contributed by atoms with Crippen molar-refractivity contribution in [2.75, 3.05) is 0 Å². The van der Waals surface area contributed by atoms with Gasteiger partial charge in [-0.05, 0) is 80.5 Å². The van der Waals surface area contributed by atoms with E-state index in [2.05, 4.69) is 83.3 Å². The minimum Gasteiger partial charge on any atom is -0.462 e. The van der Waals surface area contributed by atoms with E-state index < -0.39 is 8.32 Å². The van der Waals surface area contributed by atoms with Crippen molar-refractivity contribution in [1.82, 2.24) is 0 Å². The van der Waals surface area contributed by atoms with Crippen molar-refractivity contribution in [3.05, 3.63) is 48.0 Å².